The summed E-state index contributed by atoms with van der Waals surface area (Å²) in [6.07, 6.45) is 0. The summed E-state index contributed by atoms with van der Waals surface area (Å²) >= 11 is 0. The fourth-order valence-corrected chi connectivity index (χ4v) is 1.96. The number of methoxy groups -OCH3 is 1. The number of ether oxygens (including phenoxy) is 1. The Morgan fingerprint density at radius 1 is 1.06 bits per heavy atom. The highest BCUT2D eigenvalue weighted by atomic mass is 16.5. The van der Waals surface area contributed by atoms with Crippen molar-refractivity contribution in [1.29, 1.82) is 0 Å². The van der Waals surface area contributed by atoms with Crippen LogP contribution >= 0.6 is 0 Å². The molecule has 0 heterocycles. The van der Waals surface area contributed by atoms with E-state index in [1.807, 2.05) is 55.6 Å². The van der Waals surface area contributed by atoms with E-state index in [1.54, 1.807) is 7.11 Å². The van der Waals surface area contributed by atoms with Crippen LogP contribution in [0.4, 0.5) is 11.4 Å². The lowest BCUT2D eigenvalue weighted by Gasteiger charge is -2.22. The summed E-state index contributed by atoms with van der Waals surface area (Å²) < 4.78 is 5.36. The van der Waals surface area contributed by atoms with E-state index in [4.69, 9.17) is 10.5 Å². The van der Waals surface area contributed by atoms with Crippen LogP contribution in [-0.2, 0) is 6.54 Å². The molecule has 2 aromatic carbocycles. The van der Waals surface area contributed by atoms with Gasteiger partial charge in [0.2, 0.25) is 0 Å². The number of para-hydroxylation sites is 3. The zero-order valence-corrected chi connectivity index (χ0v) is 10.8. The van der Waals surface area contributed by atoms with Gasteiger partial charge in [0, 0.05) is 19.3 Å². The molecule has 0 bridgehead atoms. The predicted molar refractivity (Wildman–Crippen MR) is 76.0 cm³/mol. The maximum Gasteiger partial charge on any atom is 0.142 e. The minimum atomic E-state index is 0.757. The van der Waals surface area contributed by atoms with Crippen LogP contribution in [-0.4, -0.2) is 14.2 Å². The summed E-state index contributed by atoms with van der Waals surface area (Å²) in [6, 6.07) is 15.9. The number of benzene rings is 2. The molecule has 0 aliphatic rings. The first-order valence-electron chi connectivity index (χ1n) is 5.90. The molecule has 2 N–H and O–H groups in total. The number of anilines is 2. The second-order valence-electron chi connectivity index (χ2n) is 4.23. The van der Waals surface area contributed by atoms with Crippen LogP contribution in [0.3, 0.4) is 0 Å². The van der Waals surface area contributed by atoms with E-state index in [9.17, 15) is 0 Å². The van der Waals surface area contributed by atoms with Crippen molar-refractivity contribution in [3.63, 3.8) is 0 Å². The van der Waals surface area contributed by atoms with E-state index in [0.29, 0.717) is 0 Å². The van der Waals surface area contributed by atoms with Gasteiger partial charge in [0.05, 0.1) is 12.8 Å². The normalized spacial score (nSPS) is 10.1. The molecule has 0 fully saturated rings. The summed E-state index contributed by atoms with van der Waals surface area (Å²) in [5.41, 5.74) is 8.95. The average Bonchev–Trinajstić information content (AvgIpc) is 2.41. The van der Waals surface area contributed by atoms with Crippen molar-refractivity contribution in [3.05, 3.63) is 54.1 Å². The number of nitrogens with two attached hydrogens (primary N) is 1. The number of nitrogens with zero attached hydrogens (tertiary/aromatic N) is 1. The summed E-state index contributed by atoms with van der Waals surface area (Å²) in [4.78, 5) is 2.13. The van der Waals surface area contributed by atoms with Crippen molar-refractivity contribution in [2.45, 2.75) is 6.54 Å². The quantitative estimate of drug-likeness (QED) is 0.838. The lowest BCUT2D eigenvalue weighted by Crippen LogP contribution is -2.18. The van der Waals surface area contributed by atoms with Gasteiger partial charge in [-0.1, -0.05) is 30.3 Å². The maximum atomic E-state index is 5.96. The van der Waals surface area contributed by atoms with Gasteiger partial charge in [0.15, 0.2) is 0 Å². The Labute approximate surface area is 108 Å². The molecule has 3 heteroatoms. The van der Waals surface area contributed by atoms with Crippen molar-refractivity contribution in [2.24, 2.45) is 0 Å². The van der Waals surface area contributed by atoms with Crippen LogP contribution in [0.25, 0.3) is 0 Å². The van der Waals surface area contributed by atoms with Crippen LogP contribution < -0.4 is 15.4 Å². The third kappa shape index (κ3) is 2.56. The first-order valence-corrected chi connectivity index (χ1v) is 5.90. The van der Waals surface area contributed by atoms with E-state index in [1.165, 1.54) is 0 Å². The first-order chi connectivity index (χ1) is 8.72. The molecule has 0 amide bonds. The molecular formula is C15H18N2O. The Balaban J connectivity index is 2.22. The van der Waals surface area contributed by atoms with Gasteiger partial charge in [-0.2, -0.15) is 0 Å². The molecule has 18 heavy (non-hydrogen) atoms. The monoisotopic (exact) mass is 242 g/mol. The molecule has 0 aliphatic carbocycles. The van der Waals surface area contributed by atoms with Crippen LogP contribution in [0.5, 0.6) is 5.75 Å². The summed E-state index contributed by atoms with van der Waals surface area (Å²) in [6.45, 7) is 0.757. The summed E-state index contributed by atoms with van der Waals surface area (Å²) in [5.74, 6) is 0.870. The van der Waals surface area contributed by atoms with E-state index in [-0.39, 0.29) is 0 Å². The fraction of sp³-hybridized carbons (Fsp3) is 0.200. The van der Waals surface area contributed by atoms with Crippen molar-refractivity contribution in [3.8, 4) is 5.75 Å². The van der Waals surface area contributed by atoms with E-state index < -0.39 is 0 Å². The zero-order valence-electron chi connectivity index (χ0n) is 10.8. The Kier molecular flexibility index (Phi) is 3.72. The van der Waals surface area contributed by atoms with E-state index in [0.717, 1.165) is 29.2 Å². The second-order valence-corrected chi connectivity index (χ2v) is 4.23. The highest BCUT2D eigenvalue weighted by Crippen LogP contribution is 2.28. The van der Waals surface area contributed by atoms with Gasteiger partial charge in [-0.15, -0.1) is 0 Å². The van der Waals surface area contributed by atoms with Crippen molar-refractivity contribution < 1.29 is 4.74 Å². The smallest absolute Gasteiger partial charge is 0.142 e. The molecule has 2 rings (SSSR count). The molecule has 0 radical (unpaired) electrons. The van der Waals surface area contributed by atoms with Gasteiger partial charge in [0.25, 0.3) is 0 Å². The second kappa shape index (κ2) is 5.45. The number of nitrogen functional groups attached to an aromatic ring is 1. The van der Waals surface area contributed by atoms with Crippen molar-refractivity contribution in [1.82, 2.24) is 0 Å². The molecule has 0 aliphatic heterocycles. The Morgan fingerprint density at radius 3 is 2.44 bits per heavy atom. The summed E-state index contributed by atoms with van der Waals surface area (Å²) in [7, 11) is 3.72. The third-order valence-electron chi connectivity index (χ3n) is 2.96. The molecule has 2 aromatic rings. The lowest BCUT2D eigenvalue weighted by molar-refractivity contribution is 0.415. The van der Waals surface area contributed by atoms with Gasteiger partial charge in [-0.05, 0) is 23.8 Å². The van der Waals surface area contributed by atoms with Crippen LogP contribution in [0.1, 0.15) is 5.56 Å². The van der Waals surface area contributed by atoms with E-state index in [2.05, 4.69) is 4.90 Å². The molecule has 0 aromatic heterocycles. The van der Waals surface area contributed by atoms with Crippen LogP contribution in [0.15, 0.2) is 48.5 Å². The van der Waals surface area contributed by atoms with Gasteiger partial charge < -0.3 is 15.4 Å². The highest BCUT2D eigenvalue weighted by Gasteiger charge is 2.08. The molecule has 0 atom stereocenters. The zero-order chi connectivity index (χ0) is 13.0. The minimum absolute atomic E-state index is 0.757. The number of hydrogen-bond donors (Lipinski definition) is 1. The molecule has 0 saturated heterocycles. The maximum absolute atomic E-state index is 5.96. The topological polar surface area (TPSA) is 38.5 Å². The highest BCUT2D eigenvalue weighted by molar-refractivity contribution is 5.59. The van der Waals surface area contributed by atoms with Crippen molar-refractivity contribution in [2.75, 3.05) is 24.8 Å². The molecule has 3 nitrogen and oxygen atoms in total. The first kappa shape index (κ1) is 12.3. The predicted octanol–water partition coefficient (Wildman–Crippen LogP) is 2.91. The van der Waals surface area contributed by atoms with Gasteiger partial charge in [-0.25, -0.2) is 0 Å². The number of hydrogen-bond acceptors (Lipinski definition) is 3. The van der Waals surface area contributed by atoms with Crippen LogP contribution in [0.2, 0.25) is 0 Å². The van der Waals surface area contributed by atoms with Crippen LogP contribution in [0, 0.1) is 0 Å². The van der Waals surface area contributed by atoms with Gasteiger partial charge >= 0.3 is 0 Å². The minimum Gasteiger partial charge on any atom is -0.495 e. The molecular weight excluding hydrogens is 224 g/mol. The summed E-state index contributed by atoms with van der Waals surface area (Å²) in [5, 5.41) is 0. The number of rotatable bonds is 4. The van der Waals surface area contributed by atoms with Gasteiger partial charge in [-0.3, -0.25) is 0 Å². The average molecular weight is 242 g/mol. The standard InChI is InChI=1S/C15H18N2O/c1-17(11-12-7-3-4-8-13(12)16)14-9-5-6-10-15(14)18-2/h3-10H,11,16H2,1-2H3. The van der Waals surface area contributed by atoms with E-state index >= 15 is 0 Å². The SMILES string of the molecule is COc1ccccc1N(C)Cc1ccccc1N. The van der Waals surface area contributed by atoms with Crippen molar-refractivity contribution >= 4 is 11.4 Å². The van der Waals surface area contributed by atoms with Gasteiger partial charge in [0.1, 0.15) is 5.75 Å². The molecule has 0 saturated carbocycles. The fourth-order valence-electron chi connectivity index (χ4n) is 1.96. The molecule has 0 spiro atoms. The molecule has 0 unspecified atom stereocenters. The lowest BCUT2D eigenvalue weighted by atomic mass is 10.1. The Morgan fingerprint density at radius 2 is 1.72 bits per heavy atom. The largest absolute Gasteiger partial charge is 0.495 e. The third-order valence-corrected chi connectivity index (χ3v) is 2.96. The molecule has 94 valence electrons. The Hall–Kier alpha value is -2.16. The Bertz CT molecular complexity index is 525.